The summed E-state index contributed by atoms with van der Waals surface area (Å²) in [5.41, 5.74) is 1.49. The molecule has 6 heteroatoms. The molecule has 0 heterocycles. The molecule has 1 unspecified atom stereocenters. The maximum atomic E-state index is 13.3. The lowest BCUT2D eigenvalue weighted by Crippen LogP contribution is -2.05. The molecule has 2 aromatic rings. The number of ether oxygens (including phenoxy) is 1. The van der Waals surface area contributed by atoms with Gasteiger partial charge in [0.15, 0.2) is 28.1 Å². The Bertz CT molecular complexity index is 814. The fourth-order valence-corrected chi connectivity index (χ4v) is 3.05. The minimum absolute atomic E-state index is 0.0722. The third-order valence-corrected chi connectivity index (χ3v) is 4.71. The first-order chi connectivity index (χ1) is 11.5. The van der Waals surface area contributed by atoms with Gasteiger partial charge in [0, 0.05) is 18.1 Å². The van der Waals surface area contributed by atoms with Crippen molar-refractivity contribution in [2.75, 3.05) is 6.26 Å². The summed E-state index contributed by atoms with van der Waals surface area (Å²) < 4.78 is 43.3. The van der Waals surface area contributed by atoms with Crippen molar-refractivity contribution in [2.45, 2.75) is 17.7 Å². The van der Waals surface area contributed by atoms with Gasteiger partial charge in [-0.05, 0) is 59.6 Å². The van der Waals surface area contributed by atoms with Gasteiger partial charge in [-0.25, -0.2) is 8.78 Å². The van der Waals surface area contributed by atoms with E-state index in [2.05, 4.69) is 0 Å². The highest BCUT2D eigenvalue weighted by Gasteiger charge is 2.27. The smallest absolute Gasteiger partial charge is 0.198 e. The van der Waals surface area contributed by atoms with Crippen LogP contribution in [0.1, 0.15) is 18.4 Å². The number of Topliss-reactive ketones (excluding diaryl/α,β-unsaturated/α-hetero) is 1. The maximum absolute atomic E-state index is 13.3. The Balaban J connectivity index is 1.94. The van der Waals surface area contributed by atoms with Crippen LogP contribution in [0, 0.1) is 11.6 Å². The van der Waals surface area contributed by atoms with E-state index in [4.69, 9.17) is 4.74 Å². The molecule has 1 aliphatic rings. The highest BCUT2D eigenvalue weighted by Crippen LogP contribution is 2.34. The average Bonchev–Trinajstić information content (AvgIpc) is 2.92. The molecule has 0 saturated heterocycles. The Morgan fingerprint density at radius 1 is 1.04 bits per heavy atom. The highest BCUT2D eigenvalue weighted by molar-refractivity contribution is 7.90. The van der Waals surface area contributed by atoms with Crippen LogP contribution in [0.3, 0.4) is 0 Å². The first-order valence-electron chi connectivity index (χ1n) is 7.29. The average molecular weight is 348 g/mol. The number of carbonyl (C=O) groups is 1. The van der Waals surface area contributed by atoms with Gasteiger partial charge in [-0.2, -0.15) is 0 Å². The molecular weight excluding hydrogens is 334 g/mol. The van der Waals surface area contributed by atoms with Crippen molar-refractivity contribution in [1.82, 2.24) is 0 Å². The van der Waals surface area contributed by atoms with E-state index in [-0.39, 0.29) is 17.3 Å². The van der Waals surface area contributed by atoms with Crippen LogP contribution in [-0.4, -0.2) is 16.6 Å². The zero-order chi connectivity index (χ0) is 17.3. The van der Waals surface area contributed by atoms with Crippen LogP contribution in [-0.2, 0) is 16.0 Å². The summed E-state index contributed by atoms with van der Waals surface area (Å²) in [4.78, 5) is 12.8. The molecule has 3 nitrogen and oxygen atoms in total. The number of hydrogen-bond acceptors (Lipinski definition) is 3. The van der Waals surface area contributed by atoms with E-state index in [1.54, 1.807) is 30.5 Å². The Morgan fingerprint density at radius 2 is 1.75 bits per heavy atom. The van der Waals surface area contributed by atoms with Gasteiger partial charge >= 0.3 is 0 Å². The van der Waals surface area contributed by atoms with Gasteiger partial charge in [0.05, 0.1) is 0 Å². The van der Waals surface area contributed by atoms with Gasteiger partial charge in [0.1, 0.15) is 12.0 Å². The third kappa shape index (κ3) is 3.34. The largest absolute Gasteiger partial charge is 0.612 e. The molecule has 0 radical (unpaired) electrons. The molecule has 24 heavy (non-hydrogen) atoms. The summed E-state index contributed by atoms with van der Waals surface area (Å²) >= 11 is -1.08. The molecule has 1 atom stereocenters. The molecule has 0 amide bonds. The lowest BCUT2D eigenvalue weighted by atomic mass is 10.1. The third-order valence-electron chi connectivity index (χ3n) is 3.78. The van der Waals surface area contributed by atoms with Crippen LogP contribution in [0.2, 0.25) is 0 Å². The van der Waals surface area contributed by atoms with Crippen LogP contribution in [0.4, 0.5) is 8.78 Å². The quantitative estimate of drug-likeness (QED) is 0.789. The van der Waals surface area contributed by atoms with Gasteiger partial charge in [-0.15, -0.1) is 0 Å². The molecule has 3 rings (SSSR count). The molecule has 2 aromatic carbocycles. The van der Waals surface area contributed by atoms with Crippen LogP contribution < -0.4 is 4.74 Å². The first-order valence-corrected chi connectivity index (χ1v) is 8.84. The molecule has 124 valence electrons. The first kappa shape index (κ1) is 16.7. The van der Waals surface area contributed by atoms with Gasteiger partial charge < -0.3 is 9.29 Å². The van der Waals surface area contributed by atoms with E-state index in [0.717, 1.165) is 17.7 Å². The van der Waals surface area contributed by atoms with Crippen molar-refractivity contribution in [1.29, 1.82) is 0 Å². The molecule has 1 aliphatic carbocycles. The fourth-order valence-electron chi connectivity index (χ4n) is 2.53. The zero-order valence-electron chi connectivity index (χ0n) is 12.8. The number of allylic oxidation sites excluding steroid dienone is 2. The number of hydrogen-bond donors (Lipinski definition) is 0. The lowest BCUT2D eigenvalue weighted by molar-refractivity contribution is -0.116. The number of halogens is 2. The van der Waals surface area contributed by atoms with Crippen LogP contribution in [0.15, 0.2) is 53.1 Å². The van der Waals surface area contributed by atoms with Crippen LogP contribution >= 0.6 is 0 Å². The monoisotopic (exact) mass is 348 g/mol. The summed E-state index contributed by atoms with van der Waals surface area (Å²) in [6.45, 7) is 0. The number of carbonyl (C=O) groups excluding carboxylic acids is 1. The second-order valence-corrected chi connectivity index (χ2v) is 6.77. The summed E-state index contributed by atoms with van der Waals surface area (Å²) in [5.74, 6) is -1.97. The number of benzene rings is 2. The minimum atomic E-state index is -1.08. The van der Waals surface area contributed by atoms with Gasteiger partial charge in [-0.3, -0.25) is 4.79 Å². The molecular formula is C18H14F2O3S. The van der Waals surface area contributed by atoms with E-state index >= 15 is 0 Å². The van der Waals surface area contributed by atoms with Gasteiger partial charge in [0.25, 0.3) is 0 Å². The molecule has 0 saturated carbocycles. The standard InChI is InChI=1S/C18H14F2O3S/c1-24(22)13-5-2-11(3-6-13)14-7-9-17(21)18(14)23-12-4-8-15(19)16(20)10-12/h2-6,8,10H,7,9H2,1H3. The van der Waals surface area contributed by atoms with E-state index in [0.29, 0.717) is 23.3 Å². The Morgan fingerprint density at radius 3 is 2.38 bits per heavy atom. The van der Waals surface area contributed by atoms with Crippen LogP contribution in [0.5, 0.6) is 5.75 Å². The van der Waals surface area contributed by atoms with Crippen molar-refractivity contribution in [3.63, 3.8) is 0 Å². The molecule has 0 N–H and O–H groups in total. The lowest BCUT2D eigenvalue weighted by Gasteiger charge is -2.10. The fraction of sp³-hybridized carbons (Fsp3) is 0.167. The van der Waals surface area contributed by atoms with Crippen molar-refractivity contribution in [3.05, 3.63) is 65.4 Å². The van der Waals surface area contributed by atoms with Crippen molar-refractivity contribution in [3.8, 4) is 5.75 Å². The van der Waals surface area contributed by atoms with E-state index in [1.165, 1.54) is 6.07 Å². The van der Waals surface area contributed by atoms with Crippen LogP contribution in [0.25, 0.3) is 5.57 Å². The topological polar surface area (TPSA) is 49.4 Å². The Hall–Kier alpha value is -2.18. The Kier molecular flexibility index (Phi) is 4.69. The second-order valence-electron chi connectivity index (χ2n) is 5.39. The molecule has 0 bridgehead atoms. The summed E-state index contributed by atoms with van der Waals surface area (Å²) in [6.07, 6.45) is 2.40. The normalized spacial score (nSPS) is 15.8. The Labute approximate surface area is 141 Å². The second kappa shape index (κ2) is 6.75. The SMILES string of the molecule is C[S+]([O-])c1ccc(C2=C(Oc3ccc(F)c(F)c3)C(=O)CC2)cc1. The van der Waals surface area contributed by atoms with E-state index < -0.39 is 22.8 Å². The number of ketones is 1. The minimum Gasteiger partial charge on any atom is -0.612 e. The van der Waals surface area contributed by atoms with Crippen molar-refractivity contribution >= 4 is 22.5 Å². The summed E-state index contributed by atoms with van der Waals surface area (Å²) in [6, 6.07) is 10.2. The summed E-state index contributed by atoms with van der Waals surface area (Å²) in [7, 11) is 0. The highest BCUT2D eigenvalue weighted by atomic mass is 32.2. The molecule has 0 spiro atoms. The van der Waals surface area contributed by atoms with E-state index in [1.807, 2.05) is 0 Å². The number of rotatable bonds is 4. The predicted molar refractivity (Wildman–Crippen MR) is 86.9 cm³/mol. The van der Waals surface area contributed by atoms with Gasteiger partial charge in [0.2, 0.25) is 0 Å². The summed E-state index contributed by atoms with van der Waals surface area (Å²) in [5, 5.41) is 0. The zero-order valence-corrected chi connectivity index (χ0v) is 13.7. The van der Waals surface area contributed by atoms with Gasteiger partial charge in [-0.1, -0.05) is 0 Å². The molecule has 0 aromatic heterocycles. The van der Waals surface area contributed by atoms with Crippen molar-refractivity contribution in [2.24, 2.45) is 0 Å². The maximum Gasteiger partial charge on any atom is 0.198 e. The van der Waals surface area contributed by atoms with Crippen molar-refractivity contribution < 1.29 is 22.9 Å². The van der Waals surface area contributed by atoms with E-state index in [9.17, 15) is 18.1 Å². The molecule has 0 aliphatic heterocycles. The molecule has 0 fully saturated rings. The predicted octanol–water partition coefficient (Wildman–Crippen LogP) is 3.86.